The van der Waals surface area contributed by atoms with Crippen LogP contribution in [0.25, 0.3) is 0 Å². The average Bonchev–Trinajstić information content (AvgIpc) is 2.42. The summed E-state index contributed by atoms with van der Waals surface area (Å²) >= 11 is 0. The largest absolute Gasteiger partial charge is 0.379 e. The fourth-order valence-electron chi connectivity index (χ4n) is 1.51. The fraction of sp³-hybridized carbons (Fsp3) is 0.500. The Bertz CT molecular complexity index is 425. The highest BCUT2D eigenvalue weighted by molar-refractivity contribution is 5.61. The molecule has 1 aromatic rings. The van der Waals surface area contributed by atoms with E-state index in [4.69, 9.17) is 15.3 Å². The molecule has 1 rings (SSSR count). The Labute approximate surface area is 111 Å². The minimum absolute atomic E-state index is 0.0636. The van der Waals surface area contributed by atoms with Gasteiger partial charge in [-0.1, -0.05) is 6.07 Å². The first kappa shape index (κ1) is 15.4. The topological polar surface area (TPSA) is 99.7 Å². The second kappa shape index (κ2) is 7.67. The molecule has 0 saturated carbocycles. The number of nitro groups is 1. The van der Waals surface area contributed by atoms with Crippen LogP contribution in [-0.2, 0) is 16.1 Å². The molecule has 0 aliphatic rings. The van der Waals surface area contributed by atoms with Crippen LogP contribution in [-0.4, -0.2) is 24.2 Å². The monoisotopic (exact) mass is 269 g/mol. The van der Waals surface area contributed by atoms with Crippen LogP contribution in [0.5, 0.6) is 0 Å². The van der Waals surface area contributed by atoms with Crippen molar-refractivity contribution >= 4 is 11.4 Å². The Morgan fingerprint density at radius 3 is 2.84 bits per heavy atom. The minimum atomic E-state index is -0.484. The Hall–Kier alpha value is -1.70. The maximum atomic E-state index is 10.9. The van der Waals surface area contributed by atoms with Gasteiger partial charge in [0.2, 0.25) is 0 Å². The van der Waals surface area contributed by atoms with E-state index in [1.54, 1.807) is 12.1 Å². The van der Waals surface area contributed by atoms with Crippen molar-refractivity contribution in [3.63, 3.8) is 0 Å². The van der Waals surface area contributed by atoms with Gasteiger partial charge in [-0.25, -0.2) is 0 Å². The van der Waals surface area contributed by atoms with E-state index in [-0.39, 0.29) is 17.5 Å². The summed E-state index contributed by atoms with van der Waals surface area (Å²) in [5.74, 6) is 5.21. The molecule has 7 nitrogen and oxygen atoms in total. The summed E-state index contributed by atoms with van der Waals surface area (Å²) < 4.78 is 10.8. The highest BCUT2D eigenvalue weighted by Gasteiger charge is 2.14. The van der Waals surface area contributed by atoms with Crippen LogP contribution in [0.1, 0.15) is 19.4 Å². The molecule has 0 amide bonds. The lowest BCUT2D eigenvalue weighted by atomic mass is 10.2. The number of rotatable bonds is 8. The van der Waals surface area contributed by atoms with Gasteiger partial charge in [0, 0.05) is 12.7 Å². The number of ether oxygens (including phenoxy) is 2. The lowest BCUT2D eigenvalue weighted by Crippen LogP contribution is -2.16. The van der Waals surface area contributed by atoms with Crippen LogP contribution in [0.4, 0.5) is 11.4 Å². The van der Waals surface area contributed by atoms with E-state index < -0.39 is 4.92 Å². The number of nitrogens with one attached hydrogen (secondary N) is 1. The minimum Gasteiger partial charge on any atom is -0.379 e. The normalized spacial score (nSPS) is 12.2. The smallest absolute Gasteiger partial charge is 0.294 e. The van der Waals surface area contributed by atoms with Gasteiger partial charge in [-0.15, -0.1) is 0 Å². The average molecular weight is 269 g/mol. The van der Waals surface area contributed by atoms with Crippen molar-refractivity contribution in [1.82, 2.24) is 0 Å². The third kappa shape index (κ3) is 4.82. The van der Waals surface area contributed by atoms with E-state index in [1.807, 2.05) is 13.8 Å². The van der Waals surface area contributed by atoms with Crippen molar-refractivity contribution in [3.8, 4) is 0 Å². The van der Waals surface area contributed by atoms with Crippen LogP contribution in [0.2, 0.25) is 0 Å². The van der Waals surface area contributed by atoms with E-state index in [9.17, 15) is 10.1 Å². The van der Waals surface area contributed by atoms with Crippen LogP contribution in [0.15, 0.2) is 18.2 Å². The van der Waals surface area contributed by atoms with Gasteiger partial charge < -0.3 is 14.9 Å². The molecule has 0 radical (unpaired) electrons. The molecular weight excluding hydrogens is 250 g/mol. The van der Waals surface area contributed by atoms with Gasteiger partial charge in [0.15, 0.2) is 0 Å². The van der Waals surface area contributed by atoms with Crippen molar-refractivity contribution < 1.29 is 14.4 Å². The first-order valence-electron chi connectivity index (χ1n) is 6.01. The maximum Gasteiger partial charge on any atom is 0.294 e. The molecule has 0 aromatic heterocycles. The number of nitro benzene ring substituents is 1. The fourth-order valence-corrected chi connectivity index (χ4v) is 1.51. The molecular formula is C12H19N3O4. The second-order valence-corrected chi connectivity index (χ2v) is 4.03. The summed E-state index contributed by atoms with van der Waals surface area (Å²) in [4.78, 5) is 10.4. The molecule has 0 aliphatic heterocycles. The van der Waals surface area contributed by atoms with Gasteiger partial charge in [-0.05, 0) is 25.5 Å². The summed E-state index contributed by atoms with van der Waals surface area (Å²) in [5.41, 5.74) is 3.22. The Morgan fingerprint density at radius 2 is 2.26 bits per heavy atom. The number of anilines is 1. The lowest BCUT2D eigenvalue weighted by molar-refractivity contribution is -0.384. The zero-order valence-electron chi connectivity index (χ0n) is 11.1. The predicted octanol–water partition coefficient (Wildman–Crippen LogP) is 1.82. The van der Waals surface area contributed by atoms with Crippen LogP contribution in [0, 0.1) is 10.1 Å². The third-order valence-corrected chi connectivity index (χ3v) is 2.51. The van der Waals surface area contributed by atoms with Gasteiger partial charge in [-0.2, -0.15) is 0 Å². The van der Waals surface area contributed by atoms with E-state index in [0.29, 0.717) is 25.4 Å². The van der Waals surface area contributed by atoms with E-state index in [2.05, 4.69) is 5.43 Å². The Kier molecular flexibility index (Phi) is 6.20. The highest BCUT2D eigenvalue weighted by atomic mass is 16.6. The van der Waals surface area contributed by atoms with Crippen molar-refractivity contribution in [2.24, 2.45) is 5.84 Å². The van der Waals surface area contributed by atoms with E-state index >= 15 is 0 Å². The molecule has 7 heteroatoms. The number of hydrogen-bond acceptors (Lipinski definition) is 6. The SMILES string of the molecule is CCOCC(C)OCc1ccc(NN)c([N+](=O)[O-])c1. The molecule has 1 unspecified atom stereocenters. The van der Waals surface area contributed by atoms with Crippen molar-refractivity contribution in [2.75, 3.05) is 18.6 Å². The zero-order chi connectivity index (χ0) is 14.3. The molecule has 0 saturated heterocycles. The third-order valence-electron chi connectivity index (χ3n) is 2.51. The quantitative estimate of drug-likeness (QED) is 0.424. The van der Waals surface area contributed by atoms with Crippen LogP contribution < -0.4 is 11.3 Å². The van der Waals surface area contributed by atoms with Gasteiger partial charge in [0.1, 0.15) is 5.69 Å². The molecule has 3 N–H and O–H groups in total. The predicted molar refractivity (Wildman–Crippen MR) is 71.7 cm³/mol. The second-order valence-electron chi connectivity index (χ2n) is 4.03. The number of hydrazine groups is 1. The summed E-state index contributed by atoms with van der Waals surface area (Å²) in [6.45, 7) is 5.23. The van der Waals surface area contributed by atoms with Crippen molar-refractivity contribution in [1.29, 1.82) is 0 Å². The van der Waals surface area contributed by atoms with Crippen molar-refractivity contribution in [2.45, 2.75) is 26.6 Å². The van der Waals surface area contributed by atoms with E-state index in [1.165, 1.54) is 6.07 Å². The number of benzene rings is 1. The van der Waals surface area contributed by atoms with Crippen molar-refractivity contribution in [3.05, 3.63) is 33.9 Å². The van der Waals surface area contributed by atoms with Gasteiger partial charge in [0.05, 0.1) is 24.2 Å². The van der Waals surface area contributed by atoms with Crippen LogP contribution in [0.3, 0.4) is 0 Å². The molecule has 1 aromatic carbocycles. The molecule has 0 aliphatic carbocycles. The molecule has 106 valence electrons. The molecule has 0 bridgehead atoms. The number of nitrogens with two attached hydrogens (primary N) is 1. The Balaban J connectivity index is 2.64. The molecule has 1 atom stereocenters. The van der Waals surface area contributed by atoms with Gasteiger partial charge in [0.25, 0.3) is 5.69 Å². The summed E-state index contributed by atoms with van der Waals surface area (Å²) in [6.07, 6.45) is -0.0636. The first-order chi connectivity index (χ1) is 9.08. The molecule has 19 heavy (non-hydrogen) atoms. The summed E-state index contributed by atoms with van der Waals surface area (Å²) in [7, 11) is 0. The molecule has 0 fully saturated rings. The standard InChI is InChI=1S/C12H19N3O4/c1-3-18-7-9(2)19-8-10-4-5-11(14-13)12(6-10)15(16)17/h4-6,9,14H,3,7-8,13H2,1-2H3. The van der Waals surface area contributed by atoms with Gasteiger partial charge in [-0.3, -0.25) is 16.0 Å². The number of nitrogens with zero attached hydrogens (tertiary/aromatic N) is 1. The molecule has 0 heterocycles. The number of nitrogen functional groups attached to an aromatic ring is 1. The maximum absolute atomic E-state index is 10.9. The van der Waals surface area contributed by atoms with Crippen LogP contribution >= 0.6 is 0 Å². The van der Waals surface area contributed by atoms with E-state index in [0.717, 1.165) is 0 Å². The summed E-state index contributed by atoms with van der Waals surface area (Å²) in [6, 6.07) is 4.74. The first-order valence-corrected chi connectivity index (χ1v) is 6.01. The summed E-state index contributed by atoms with van der Waals surface area (Å²) in [5, 5.41) is 10.9. The van der Waals surface area contributed by atoms with Gasteiger partial charge >= 0.3 is 0 Å². The molecule has 0 spiro atoms. The highest BCUT2D eigenvalue weighted by Crippen LogP contribution is 2.25. The Morgan fingerprint density at radius 1 is 1.53 bits per heavy atom. The lowest BCUT2D eigenvalue weighted by Gasteiger charge is -2.13. The number of hydrogen-bond donors (Lipinski definition) is 2. The zero-order valence-corrected chi connectivity index (χ0v) is 11.1.